The second-order valence-corrected chi connectivity index (χ2v) is 6.36. The molecule has 2 rings (SSSR count). The van der Waals surface area contributed by atoms with Gasteiger partial charge in [0.1, 0.15) is 0 Å². The normalized spacial score (nSPS) is 12.3. The predicted molar refractivity (Wildman–Crippen MR) is 82.3 cm³/mol. The maximum atomic E-state index is 13.2. The molecule has 0 fully saturated rings. The zero-order valence-electron chi connectivity index (χ0n) is 12.8. The number of rotatable bonds is 4. The minimum Gasteiger partial charge on any atom is -0.293 e. The van der Waals surface area contributed by atoms with Crippen molar-refractivity contribution in [2.75, 3.05) is 0 Å². The van der Waals surface area contributed by atoms with Crippen molar-refractivity contribution >= 4 is 17.5 Å². The molecule has 2 aromatic rings. The first-order valence-corrected chi connectivity index (χ1v) is 7.65. The molecule has 0 aliphatic heterocycles. The number of carbonyl (C=O) groups excluding carboxylic acids is 1. The number of halogens is 2. The monoisotopic (exact) mass is 322 g/mol. The molecular formula is C16H16F2N2OS. The number of thioether (sulfide) groups is 1. The van der Waals surface area contributed by atoms with E-state index >= 15 is 0 Å². The Balaban J connectivity index is 2.19. The number of nitrogens with zero attached hydrogens (tertiary/aromatic N) is 2. The van der Waals surface area contributed by atoms with Crippen LogP contribution in [-0.2, 0) is 0 Å². The Labute approximate surface area is 132 Å². The van der Waals surface area contributed by atoms with Crippen molar-refractivity contribution in [3.05, 3.63) is 52.3 Å². The van der Waals surface area contributed by atoms with E-state index in [1.807, 2.05) is 20.8 Å². The zero-order valence-corrected chi connectivity index (χ0v) is 13.6. The molecule has 0 saturated heterocycles. The molecule has 1 heterocycles. The van der Waals surface area contributed by atoms with Crippen molar-refractivity contribution in [2.45, 2.75) is 38.1 Å². The Morgan fingerprint density at radius 2 is 1.68 bits per heavy atom. The molecule has 1 aromatic carbocycles. The molecular weight excluding hydrogens is 306 g/mol. The first-order chi connectivity index (χ1) is 10.3. The molecule has 0 unspecified atom stereocenters. The first-order valence-electron chi connectivity index (χ1n) is 6.77. The van der Waals surface area contributed by atoms with Gasteiger partial charge in [-0.2, -0.15) is 0 Å². The summed E-state index contributed by atoms with van der Waals surface area (Å²) in [6.45, 7) is 7.41. The third-order valence-electron chi connectivity index (χ3n) is 3.47. The Morgan fingerprint density at radius 3 is 2.23 bits per heavy atom. The van der Waals surface area contributed by atoms with Gasteiger partial charge in [0.15, 0.2) is 22.6 Å². The quantitative estimate of drug-likeness (QED) is 0.484. The van der Waals surface area contributed by atoms with Crippen LogP contribution >= 0.6 is 11.8 Å². The molecule has 0 spiro atoms. The summed E-state index contributed by atoms with van der Waals surface area (Å²) >= 11 is 1.21. The number of benzene rings is 1. The van der Waals surface area contributed by atoms with Gasteiger partial charge in [-0.1, -0.05) is 11.8 Å². The summed E-state index contributed by atoms with van der Waals surface area (Å²) in [5, 5.41) is 0.00963. The third kappa shape index (κ3) is 3.50. The minimum absolute atomic E-state index is 0.138. The number of ketones is 1. The fourth-order valence-electron chi connectivity index (χ4n) is 1.89. The van der Waals surface area contributed by atoms with Crippen molar-refractivity contribution in [2.24, 2.45) is 0 Å². The van der Waals surface area contributed by atoms with Gasteiger partial charge in [0.2, 0.25) is 0 Å². The van der Waals surface area contributed by atoms with Crippen LogP contribution in [0.15, 0.2) is 23.4 Å². The van der Waals surface area contributed by atoms with Crippen LogP contribution in [0.5, 0.6) is 0 Å². The molecule has 1 aromatic heterocycles. The highest BCUT2D eigenvalue weighted by atomic mass is 32.2. The minimum atomic E-state index is -1.03. The molecule has 0 saturated carbocycles. The fourth-order valence-corrected chi connectivity index (χ4v) is 2.83. The van der Waals surface area contributed by atoms with Crippen LogP contribution in [0.1, 0.15) is 34.2 Å². The Hall–Kier alpha value is -1.82. The van der Waals surface area contributed by atoms with Gasteiger partial charge in [-0.3, -0.25) is 4.79 Å². The van der Waals surface area contributed by atoms with Crippen LogP contribution in [0.4, 0.5) is 8.78 Å². The largest absolute Gasteiger partial charge is 0.293 e. The molecule has 0 radical (unpaired) electrons. The Bertz CT molecular complexity index is 711. The molecule has 6 heteroatoms. The van der Waals surface area contributed by atoms with Gasteiger partial charge in [0, 0.05) is 17.0 Å². The van der Waals surface area contributed by atoms with Crippen molar-refractivity contribution < 1.29 is 13.6 Å². The van der Waals surface area contributed by atoms with E-state index in [0.29, 0.717) is 5.16 Å². The second-order valence-electron chi connectivity index (χ2n) is 5.06. The molecule has 1 atom stereocenters. The summed E-state index contributed by atoms with van der Waals surface area (Å²) in [7, 11) is 0. The van der Waals surface area contributed by atoms with Gasteiger partial charge in [-0.15, -0.1) is 0 Å². The average Bonchev–Trinajstić information content (AvgIpc) is 2.46. The molecule has 0 aliphatic rings. The highest BCUT2D eigenvalue weighted by molar-refractivity contribution is 8.00. The van der Waals surface area contributed by atoms with Crippen LogP contribution in [0.25, 0.3) is 0 Å². The molecule has 0 amide bonds. The number of aromatic nitrogens is 2. The van der Waals surface area contributed by atoms with Gasteiger partial charge in [-0.25, -0.2) is 18.7 Å². The molecule has 22 heavy (non-hydrogen) atoms. The van der Waals surface area contributed by atoms with E-state index in [1.165, 1.54) is 17.8 Å². The third-order valence-corrected chi connectivity index (χ3v) is 4.43. The van der Waals surface area contributed by atoms with E-state index in [4.69, 9.17) is 0 Å². The molecule has 3 nitrogen and oxygen atoms in total. The van der Waals surface area contributed by atoms with Crippen LogP contribution in [0, 0.1) is 32.4 Å². The van der Waals surface area contributed by atoms with E-state index in [2.05, 4.69) is 9.97 Å². The van der Waals surface area contributed by atoms with Gasteiger partial charge >= 0.3 is 0 Å². The SMILES string of the molecule is Cc1nc(S[C@H](C)C(=O)c2ccc(F)c(F)c2)nc(C)c1C. The van der Waals surface area contributed by atoms with Crippen LogP contribution in [0.3, 0.4) is 0 Å². The first kappa shape index (κ1) is 16.5. The lowest BCUT2D eigenvalue weighted by Crippen LogP contribution is -2.15. The lowest BCUT2D eigenvalue weighted by atomic mass is 10.1. The zero-order chi connectivity index (χ0) is 16.4. The maximum absolute atomic E-state index is 13.2. The number of Topliss-reactive ketones (excluding diaryl/α,β-unsaturated/α-hetero) is 1. The van der Waals surface area contributed by atoms with Crippen LogP contribution < -0.4 is 0 Å². The van der Waals surface area contributed by atoms with E-state index in [-0.39, 0.29) is 11.3 Å². The maximum Gasteiger partial charge on any atom is 0.188 e. The highest BCUT2D eigenvalue weighted by Crippen LogP contribution is 2.24. The van der Waals surface area contributed by atoms with E-state index in [9.17, 15) is 13.6 Å². The summed E-state index contributed by atoms with van der Waals surface area (Å²) in [6.07, 6.45) is 0. The summed E-state index contributed by atoms with van der Waals surface area (Å²) in [6, 6.07) is 3.15. The van der Waals surface area contributed by atoms with Gasteiger partial charge in [0.25, 0.3) is 0 Å². The second kappa shape index (κ2) is 6.52. The van der Waals surface area contributed by atoms with E-state index in [1.54, 1.807) is 6.92 Å². The van der Waals surface area contributed by atoms with E-state index in [0.717, 1.165) is 29.1 Å². The predicted octanol–water partition coefficient (Wildman–Crippen LogP) is 4.04. The lowest BCUT2D eigenvalue weighted by molar-refractivity contribution is 0.0993. The van der Waals surface area contributed by atoms with Crippen molar-refractivity contribution in [1.29, 1.82) is 0 Å². The Kier molecular flexibility index (Phi) is 4.90. The average molecular weight is 322 g/mol. The molecule has 0 aliphatic carbocycles. The summed E-state index contributed by atoms with van der Waals surface area (Å²) in [4.78, 5) is 21.0. The lowest BCUT2D eigenvalue weighted by Gasteiger charge is -2.11. The van der Waals surface area contributed by atoms with Crippen molar-refractivity contribution in [3.8, 4) is 0 Å². The standard InChI is InChI=1S/C16H16F2N2OS/c1-8-9(2)19-16(20-10(8)3)22-11(4)15(21)12-5-6-13(17)14(18)7-12/h5-7,11H,1-4H3/t11-/m1/s1. The Morgan fingerprint density at radius 1 is 1.09 bits per heavy atom. The smallest absolute Gasteiger partial charge is 0.188 e. The molecule has 0 N–H and O–H groups in total. The van der Waals surface area contributed by atoms with E-state index < -0.39 is 16.9 Å². The summed E-state index contributed by atoms with van der Waals surface area (Å²) in [5.41, 5.74) is 2.88. The number of carbonyl (C=O) groups is 1. The topological polar surface area (TPSA) is 42.9 Å². The van der Waals surface area contributed by atoms with Gasteiger partial charge in [-0.05, 0) is 51.5 Å². The number of aryl methyl sites for hydroxylation is 2. The summed E-state index contributed by atoms with van der Waals surface area (Å²) < 4.78 is 26.1. The van der Waals surface area contributed by atoms with Crippen molar-refractivity contribution in [1.82, 2.24) is 9.97 Å². The van der Waals surface area contributed by atoms with Crippen LogP contribution in [0.2, 0.25) is 0 Å². The number of hydrogen-bond donors (Lipinski definition) is 0. The molecule has 116 valence electrons. The fraction of sp³-hybridized carbons (Fsp3) is 0.312. The van der Waals surface area contributed by atoms with Crippen molar-refractivity contribution in [3.63, 3.8) is 0 Å². The summed E-state index contributed by atoms with van der Waals surface area (Å²) in [5.74, 6) is -2.28. The van der Waals surface area contributed by atoms with Crippen LogP contribution in [-0.4, -0.2) is 21.0 Å². The van der Waals surface area contributed by atoms with Gasteiger partial charge in [0.05, 0.1) is 5.25 Å². The number of hydrogen-bond acceptors (Lipinski definition) is 4. The highest BCUT2D eigenvalue weighted by Gasteiger charge is 2.20. The molecule has 0 bridgehead atoms. The van der Waals surface area contributed by atoms with Gasteiger partial charge < -0.3 is 0 Å².